The van der Waals surface area contributed by atoms with Crippen molar-refractivity contribution in [1.29, 1.82) is 0 Å². The van der Waals surface area contributed by atoms with Crippen molar-refractivity contribution in [3.05, 3.63) is 11.4 Å². The fourth-order valence-corrected chi connectivity index (χ4v) is 2.21. The van der Waals surface area contributed by atoms with Crippen molar-refractivity contribution in [2.45, 2.75) is 26.3 Å². The normalized spacial score (nSPS) is 19.6. The zero-order valence-electron chi connectivity index (χ0n) is 11.4. The Morgan fingerprint density at radius 3 is 2.95 bits per heavy atom. The number of ether oxygens (including phenoxy) is 1. The number of aromatic nitrogens is 2. The minimum Gasteiger partial charge on any atom is -0.394 e. The molecule has 4 N–H and O–H groups in total. The third-order valence-electron chi connectivity index (χ3n) is 3.33. The quantitative estimate of drug-likeness (QED) is 0.515. The summed E-state index contributed by atoms with van der Waals surface area (Å²) in [5, 5.41) is 9.46. The molecule has 0 amide bonds. The molecule has 106 valence electrons. The summed E-state index contributed by atoms with van der Waals surface area (Å²) < 4.78 is 5.39. The molecular formula is C12H21N5O2. The maximum absolute atomic E-state index is 9.46. The van der Waals surface area contributed by atoms with Gasteiger partial charge < -0.3 is 20.2 Å². The summed E-state index contributed by atoms with van der Waals surface area (Å²) in [4.78, 5) is 11.0. The molecule has 2 rings (SSSR count). The van der Waals surface area contributed by atoms with E-state index < -0.39 is 0 Å². The van der Waals surface area contributed by atoms with Gasteiger partial charge in [0.25, 0.3) is 0 Å². The van der Waals surface area contributed by atoms with Gasteiger partial charge in [0.1, 0.15) is 17.5 Å². The molecule has 1 aliphatic heterocycles. The first-order valence-corrected chi connectivity index (χ1v) is 6.50. The second kappa shape index (κ2) is 6.14. The average Bonchev–Trinajstić information content (AvgIpc) is 2.47. The van der Waals surface area contributed by atoms with Gasteiger partial charge in [-0.1, -0.05) is 6.92 Å². The highest BCUT2D eigenvalue weighted by atomic mass is 16.5. The number of morpholine rings is 1. The highest BCUT2D eigenvalue weighted by Gasteiger charge is 2.26. The Hall–Kier alpha value is -1.44. The van der Waals surface area contributed by atoms with Gasteiger partial charge in [0.05, 0.1) is 25.9 Å². The molecule has 1 unspecified atom stereocenters. The van der Waals surface area contributed by atoms with Gasteiger partial charge in [0, 0.05) is 18.5 Å². The highest BCUT2D eigenvalue weighted by Crippen LogP contribution is 2.26. The predicted octanol–water partition coefficient (Wildman–Crippen LogP) is -0.169. The van der Waals surface area contributed by atoms with E-state index in [-0.39, 0.29) is 12.6 Å². The molecule has 19 heavy (non-hydrogen) atoms. The van der Waals surface area contributed by atoms with Crippen LogP contribution in [0.4, 0.5) is 11.6 Å². The number of hydrogen-bond acceptors (Lipinski definition) is 7. The lowest BCUT2D eigenvalue weighted by Crippen LogP contribution is -2.48. The molecule has 0 aliphatic carbocycles. The molecule has 0 spiro atoms. The molecule has 1 aromatic rings. The van der Waals surface area contributed by atoms with Crippen LogP contribution in [0.2, 0.25) is 0 Å². The van der Waals surface area contributed by atoms with E-state index in [0.29, 0.717) is 25.6 Å². The van der Waals surface area contributed by atoms with E-state index in [2.05, 4.69) is 20.3 Å². The number of aliphatic hydroxyl groups excluding tert-OH is 1. The fourth-order valence-electron chi connectivity index (χ4n) is 2.21. The summed E-state index contributed by atoms with van der Waals surface area (Å²) in [6, 6.07) is -0.0716. The summed E-state index contributed by atoms with van der Waals surface area (Å²) in [6.07, 6.45) is 0.732. The Morgan fingerprint density at radius 1 is 1.53 bits per heavy atom. The first kappa shape index (κ1) is 14.0. The number of nitrogens with one attached hydrogen (secondary N) is 1. The van der Waals surface area contributed by atoms with Gasteiger partial charge in [-0.2, -0.15) is 0 Å². The summed E-state index contributed by atoms with van der Waals surface area (Å²) in [6.45, 7) is 5.80. The van der Waals surface area contributed by atoms with Crippen LogP contribution >= 0.6 is 0 Å². The van der Waals surface area contributed by atoms with E-state index in [0.717, 1.165) is 23.6 Å². The fraction of sp³-hybridized carbons (Fsp3) is 0.667. The van der Waals surface area contributed by atoms with Crippen LogP contribution in [0.15, 0.2) is 0 Å². The second-order valence-electron chi connectivity index (χ2n) is 4.54. The molecule has 0 saturated carbocycles. The molecule has 1 atom stereocenters. The summed E-state index contributed by atoms with van der Waals surface area (Å²) >= 11 is 0. The predicted molar refractivity (Wildman–Crippen MR) is 73.0 cm³/mol. The highest BCUT2D eigenvalue weighted by molar-refractivity contribution is 5.59. The van der Waals surface area contributed by atoms with Gasteiger partial charge in [0.15, 0.2) is 0 Å². The number of hydrazine groups is 1. The number of aliphatic hydroxyl groups is 1. The van der Waals surface area contributed by atoms with Gasteiger partial charge >= 0.3 is 0 Å². The van der Waals surface area contributed by atoms with Crippen molar-refractivity contribution in [2.75, 3.05) is 36.7 Å². The topological polar surface area (TPSA) is 96.5 Å². The molecule has 0 bridgehead atoms. The summed E-state index contributed by atoms with van der Waals surface area (Å²) in [5.41, 5.74) is 3.50. The third kappa shape index (κ3) is 2.78. The van der Waals surface area contributed by atoms with E-state index in [1.54, 1.807) is 0 Å². The van der Waals surface area contributed by atoms with Crippen molar-refractivity contribution in [3.63, 3.8) is 0 Å². The van der Waals surface area contributed by atoms with Crippen molar-refractivity contribution < 1.29 is 9.84 Å². The Balaban J connectivity index is 2.41. The molecule has 7 heteroatoms. The van der Waals surface area contributed by atoms with Crippen molar-refractivity contribution in [1.82, 2.24) is 9.97 Å². The zero-order valence-corrected chi connectivity index (χ0v) is 11.4. The van der Waals surface area contributed by atoms with Crippen LogP contribution in [0.5, 0.6) is 0 Å². The van der Waals surface area contributed by atoms with E-state index in [4.69, 9.17) is 10.6 Å². The standard InChI is InChI=1S/C12H21N5O2/c1-3-10-14-11(16-13)8(2)12(15-10)17-4-5-19-7-9(17)6-18/h9,18H,3-7,13H2,1-2H3,(H,14,15,16). The number of hydrogen-bond donors (Lipinski definition) is 3. The second-order valence-corrected chi connectivity index (χ2v) is 4.54. The molecule has 1 fully saturated rings. The smallest absolute Gasteiger partial charge is 0.148 e. The Bertz CT molecular complexity index is 440. The van der Waals surface area contributed by atoms with Crippen molar-refractivity contribution >= 4 is 11.6 Å². The molecule has 1 aromatic heterocycles. The number of anilines is 2. The van der Waals surface area contributed by atoms with Crippen LogP contribution in [-0.2, 0) is 11.2 Å². The first-order valence-electron chi connectivity index (χ1n) is 6.50. The minimum atomic E-state index is -0.0716. The minimum absolute atomic E-state index is 0.0380. The van der Waals surface area contributed by atoms with Gasteiger partial charge in [-0.15, -0.1) is 0 Å². The lowest BCUT2D eigenvalue weighted by atomic mass is 10.2. The van der Waals surface area contributed by atoms with Crippen LogP contribution in [0.1, 0.15) is 18.3 Å². The van der Waals surface area contributed by atoms with Crippen molar-refractivity contribution in [3.8, 4) is 0 Å². The van der Waals surface area contributed by atoms with Crippen LogP contribution in [0, 0.1) is 6.92 Å². The molecule has 0 radical (unpaired) electrons. The van der Waals surface area contributed by atoms with Crippen LogP contribution in [0.3, 0.4) is 0 Å². The van der Waals surface area contributed by atoms with Crippen LogP contribution < -0.4 is 16.2 Å². The molecular weight excluding hydrogens is 246 g/mol. The first-order chi connectivity index (χ1) is 9.21. The van der Waals surface area contributed by atoms with Gasteiger partial charge in [-0.25, -0.2) is 15.8 Å². The van der Waals surface area contributed by atoms with Crippen LogP contribution in [0.25, 0.3) is 0 Å². The molecule has 0 aromatic carbocycles. The monoisotopic (exact) mass is 267 g/mol. The third-order valence-corrected chi connectivity index (χ3v) is 3.33. The molecule has 2 heterocycles. The van der Waals surface area contributed by atoms with Crippen LogP contribution in [-0.4, -0.2) is 47.5 Å². The van der Waals surface area contributed by atoms with Gasteiger partial charge in [-0.3, -0.25) is 0 Å². The van der Waals surface area contributed by atoms with Crippen molar-refractivity contribution in [2.24, 2.45) is 5.84 Å². The van der Waals surface area contributed by atoms with E-state index in [9.17, 15) is 5.11 Å². The number of nitrogens with zero attached hydrogens (tertiary/aromatic N) is 3. The number of nitrogen functional groups attached to an aromatic ring is 1. The Kier molecular flexibility index (Phi) is 4.52. The average molecular weight is 267 g/mol. The van der Waals surface area contributed by atoms with Gasteiger partial charge in [0.2, 0.25) is 0 Å². The summed E-state index contributed by atoms with van der Waals surface area (Å²) in [5.74, 6) is 7.69. The SMILES string of the molecule is CCc1nc(NN)c(C)c(N2CCOCC2CO)n1. The number of nitrogens with two attached hydrogens (primary N) is 1. The number of rotatable bonds is 4. The Morgan fingerprint density at radius 2 is 2.32 bits per heavy atom. The van der Waals surface area contributed by atoms with E-state index in [1.165, 1.54) is 0 Å². The molecule has 7 nitrogen and oxygen atoms in total. The maximum atomic E-state index is 9.46. The Labute approximate surface area is 112 Å². The van der Waals surface area contributed by atoms with Gasteiger partial charge in [-0.05, 0) is 6.92 Å². The zero-order chi connectivity index (χ0) is 13.8. The lowest BCUT2D eigenvalue weighted by molar-refractivity contribution is 0.0722. The maximum Gasteiger partial charge on any atom is 0.148 e. The lowest BCUT2D eigenvalue weighted by Gasteiger charge is -2.36. The van der Waals surface area contributed by atoms with E-state index in [1.807, 2.05) is 13.8 Å². The number of aryl methyl sites for hydroxylation is 1. The summed E-state index contributed by atoms with van der Waals surface area (Å²) in [7, 11) is 0. The largest absolute Gasteiger partial charge is 0.394 e. The molecule has 1 aliphatic rings. The van der Waals surface area contributed by atoms with E-state index >= 15 is 0 Å². The molecule has 1 saturated heterocycles.